The molecule has 1 aliphatic heterocycles. The van der Waals surface area contributed by atoms with Gasteiger partial charge in [-0.15, -0.1) is 0 Å². The predicted octanol–water partition coefficient (Wildman–Crippen LogP) is 5.20. The second kappa shape index (κ2) is 8.05. The molecule has 31 heavy (non-hydrogen) atoms. The van der Waals surface area contributed by atoms with Gasteiger partial charge in [-0.1, -0.05) is 12.1 Å². The highest BCUT2D eigenvalue weighted by Crippen LogP contribution is 2.34. The third-order valence-corrected chi connectivity index (χ3v) is 4.81. The molecule has 148 valence electrons. The van der Waals surface area contributed by atoms with E-state index in [9.17, 15) is 0 Å². The number of aliphatic imine (C=N–C) groups is 1. The molecule has 1 aliphatic rings. The van der Waals surface area contributed by atoms with Crippen LogP contribution in [0.2, 0.25) is 0 Å². The number of pyridine rings is 1. The van der Waals surface area contributed by atoms with Crippen molar-refractivity contribution in [3.63, 3.8) is 0 Å². The lowest BCUT2D eigenvalue weighted by Gasteiger charge is -2.12. The zero-order valence-electron chi connectivity index (χ0n) is 16.4. The van der Waals surface area contributed by atoms with Crippen LogP contribution in [0.25, 0.3) is 11.1 Å². The fourth-order valence-corrected chi connectivity index (χ4v) is 3.23. The molecule has 3 heterocycles. The van der Waals surface area contributed by atoms with E-state index < -0.39 is 0 Å². The summed E-state index contributed by atoms with van der Waals surface area (Å²) >= 11 is 0. The Kier molecular flexibility index (Phi) is 4.79. The molecule has 7 heteroatoms. The van der Waals surface area contributed by atoms with Crippen LogP contribution >= 0.6 is 0 Å². The Morgan fingerprint density at radius 2 is 1.61 bits per heavy atom. The molecular weight excluding hydrogens is 388 g/mol. The number of rotatable bonds is 5. The zero-order chi connectivity index (χ0) is 21.0. The van der Waals surface area contributed by atoms with Crippen LogP contribution in [0.3, 0.4) is 0 Å². The lowest BCUT2D eigenvalue weighted by Crippen LogP contribution is -2.01. The number of nitrogens with zero attached hydrogens (tertiary/aromatic N) is 5. The molecule has 0 radical (unpaired) electrons. The van der Waals surface area contributed by atoms with Crippen LogP contribution in [0.15, 0.2) is 78.0 Å². The number of nitriles is 1. The molecule has 0 saturated heterocycles. The number of benzene rings is 2. The first kappa shape index (κ1) is 18.5. The summed E-state index contributed by atoms with van der Waals surface area (Å²) in [5.74, 6) is 2.12. The second-order valence-electron chi connectivity index (χ2n) is 6.85. The van der Waals surface area contributed by atoms with Crippen molar-refractivity contribution >= 4 is 23.7 Å². The first-order valence-corrected chi connectivity index (χ1v) is 9.67. The van der Waals surface area contributed by atoms with Crippen LogP contribution in [0.1, 0.15) is 11.1 Å². The third-order valence-electron chi connectivity index (χ3n) is 4.81. The summed E-state index contributed by atoms with van der Waals surface area (Å²) < 4.78 is 6.10. The fraction of sp³-hybridized carbons (Fsp3) is 0.0417. The van der Waals surface area contributed by atoms with Crippen molar-refractivity contribution in [1.82, 2.24) is 15.0 Å². The minimum Gasteiger partial charge on any atom is -0.438 e. The quantitative estimate of drug-likeness (QED) is 0.491. The van der Waals surface area contributed by atoms with Crippen LogP contribution in [-0.2, 0) is 6.42 Å². The van der Waals surface area contributed by atoms with Crippen molar-refractivity contribution in [3.05, 3.63) is 84.2 Å². The summed E-state index contributed by atoms with van der Waals surface area (Å²) in [5.41, 5.74) is 4.38. The van der Waals surface area contributed by atoms with E-state index in [4.69, 9.17) is 10.00 Å². The average Bonchev–Trinajstić information content (AvgIpc) is 3.30. The number of hydrogen-bond donors (Lipinski definition) is 1. The molecule has 2 aromatic heterocycles. The minimum absolute atomic E-state index is 0.380. The van der Waals surface area contributed by atoms with Crippen molar-refractivity contribution < 1.29 is 4.74 Å². The molecule has 1 N–H and O–H groups in total. The normalized spacial score (nSPS) is 11.6. The van der Waals surface area contributed by atoms with Crippen molar-refractivity contribution in [2.75, 3.05) is 5.32 Å². The minimum atomic E-state index is 0.380. The molecule has 2 aromatic carbocycles. The summed E-state index contributed by atoms with van der Waals surface area (Å²) in [7, 11) is 0. The van der Waals surface area contributed by atoms with Gasteiger partial charge in [-0.25, -0.2) is 4.99 Å². The Balaban J connectivity index is 1.40. The monoisotopic (exact) mass is 404 g/mol. The fourth-order valence-electron chi connectivity index (χ4n) is 3.23. The molecule has 7 nitrogen and oxygen atoms in total. The second-order valence-corrected chi connectivity index (χ2v) is 6.85. The first-order valence-electron chi connectivity index (χ1n) is 9.67. The van der Waals surface area contributed by atoms with Crippen molar-refractivity contribution in [2.45, 2.75) is 6.42 Å². The van der Waals surface area contributed by atoms with E-state index in [1.165, 1.54) is 0 Å². The van der Waals surface area contributed by atoms with Crippen molar-refractivity contribution in [1.29, 1.82) is 5.26 Å². The maximum atomic E-state index is 8.95. The molecule has 0 unspecified atom stereocenters. The number of hydrogen-bond acceptors (Lipinski definition) is 7. The number of anilines is 2. The molecule has 4 aromatic rings. The standard InChI is InChI=1S/C24H16N6O/c25-15-16-1-5-19(6-2-16)28-24-29-22-21(11-14-27-22)23(30-24)31-20-7-3-17(4-8-20)18-9-12-26-13-10-18/h1-10,12-14H,11H2,(H,28,29,30). The maximum Gasteiger partial charge on any atom is 0.232 e. The largest absolute Gasteiger partial charge is 0.438 e. The maximum absolute atomic E-state index is 8.95. The molecular formula is C24H16N6O. The van der Waals surface area contributed by atoms with Crippen LogP contribution in [-0.4, -0.2) is 21.2 Å². The van der Waals surface area contributed by atoms with E-state index in [1.807, 2.05) is 36.4 Å². The van der Waals surface area contributed by atoms with Gasteiger partial charge in [0.2, 0.25) is 11.8 Å². The topological polar surface area (TPSA) is 96.1 Å². The number of fused-ring (bicyclic) bond motifs is 1. The molecule has 0 atom stereocenters. The van der Waals surface area contributed by atoms with Gasteiger partial charge >= 0.3 is 0 Å². The molecule has 0 spiro atoms. The summed E-state index contributed by atoms with van der Waals surface area (Å²) in [6.45, 7) is 0. The van der Waals surface area contributed by atoms with Crippen molar-refractivity contribution in [2.24, 2.45) is 4.99 Å². The molecule has 0 saturated carbocycles. The molecule has 0 amide bonds. The average molecular weight is 404 g/mol. The van der Waals surface area contributed by atoms with Crippen LogP contribution < -0.4 is 10.1 Å². The van der Waals surface area contributed by atoms with E-state index in [0.29, 0.717) is 35.4 Å². The van der Waals surface area contributed by atoms with E-state index >= 15 is 0 Å². The lowest BCUT2D eigenvalue weighted by atomic mass is 10.1. The number of ether oxygens (including phenoxy) is 1. The molecule has 0 fully saturated rings. The van der Waals surface area contributed by atoms with Crippen molar-refractivity contribution in [3.8, 4) is 28.8 Å². The van der Waals surface area contributed by atoms with Crippen LogP contribution in [0, 0.1) is 11.3 Å². The van der Waals surface area contributed by atoms with Gasteiger partial charge in [0.25, 0.3) is 0 Å². The Morgan fingerprint density at radius 3 is 2.35 bits per heavy atom. The highest BCUT2D eigenvalue weighted by atomic mass is 16.5. The van der Waals surface area contributed by atoms with Gasteiger partial charge in [-0.2, -0.15) is 15.2 Å². The van der Waals surface area contributed by atoms with Gasteiger partial charge < -0.3 is 10.1 Å². The highest BCUT2D eigenvalue weighted by molar-refractivity contribution is 5.76. The van der Waals surface area contributed by atoms with Gasteiger partial charge in [0.1, 0.15) is 5.75 Å². The van der Waals surface area contributed by atoms with E-state index in [0.717, 1.165) is 22.4 Å². The summed E-state index contributed by atoms with van der Waals surface area (Å²) in [6.07, 6.45) is 5.96. The van der Waals surface area contributed by atoms with Gasteiger partial charge in [-0.3, -0.25) is 4.98 Å². The Morgan fingerprint density at radius 1 is 0.871 bits per heavy atom. The molecule has 0 bridgehead atoms. The Bertz CT molecular complexity index is 1290. The van der Waals surface area contributed by atoms with Crippen LogP contribution in [0.4, 0.5) is 17.5 Å². The molecule has 0 aliphatic carbocycles. The summed E-state index contributed by atoms with van der Waals surface area (Å²) in [5, 5.41) is 12.1. The SMILES string of the molecule is N#Cc1ccc(Nc2nc3c(c(Oc4ccc(-c5ccncc5)cc4)n2)CC=N3)cc1. The third kappa shape index (κ3) is 3.95. The smallest absolute Gasteiger partial charge is 0.232 e. The number of nitrogens with one attached hydrogen (secondary N) is 1. The molecule has 5 rings (SSSR count). The van der Waals surface area contributed by atoms with E-state index in [1.54, 1.807) is 42.9 Å². The van der Waals surface area contributed by atoms with E-state index in [-0.39, 0.29) is 0 Å². The highest BCUT2D eigenvalue weighted by Gasteiger charge is 2.19. The van der Waals surface area contributed by atoms with E-state index in [2.05, 4.69) is 31.3 Å². The first-order chi connectivity index (χ1) is 15.3. The predicted molar refractivity (Wildman–Crippen MR) is 118 cm³/mol. The van der Waals surface area contributed by atoms with Gasteiger partial charge in [0, 0.05) is 30.7 Å². The summed E-state index contributed by atoms with van der Waals surface area (Å²) in [6, 6.07) is 20.9. The summed E-state index contributed by atoms with van der Waals surface area (Å²) in [4.78, 5) is 17.4. The zero-order valence-corrected chi connectivity index (χ0v) is 16.4. The van der Waals surface area contributed by atoms with Crippen LogP contribution in [0.5, 0.6) is 11.6 Å². The Labute approximate surface area is 178 Å². The Hall–Kier alpha value is -4.57. The van der Waals surface area contributed by atoms with Gasteiger partial charge in [0.15, 0.2) is 5.82 Å². The lowest BCUT2D eigenvalue weighted by molar-refractivity contribution is 0.458. The van der Waals surface area contributed by atoms with Gasteiger partial charge in [0.05, 0.1) is 17.2 Å². The van der Waals surface area contributed by atoms with Gasteiger partial charge in [-0.05, 0) is 59.7 Å². The number of aromatic nitrogens is 3.